The summed E-state index contributed by atoms with van der Waals surface area (Å²) in [4.78, 5) is 27.9. The Morgan fingerprint density at radius 1 is 1.26 bits per heavy atom. The molecular weight excluding hydrogens is 414 g/mol. The first-order valence-electron chi connectivity index (χ1n) is 8.04. The van der Waals surface area contributed by atoms with Gasteiger partial charge in [0.15, 0.2) is 6.61 Å². The third-order valence-corrected chi connectivity index (χ3v) is 7.01. The molecule has 1 N–H and O–H groups in total. The molecule has 3 heterocycles. The van der Waals surface area contributed by atoms with E-state index in [0.29, 0.717) is 18.1 Å². The van der Waals surface area contributed by atoms with E-state index in [1.54, 1.807) is 6.07 Å². The first-order chi connectivity index (χ1) is 12.9. The maximum absolute atomic E-state index is 12.7. The van der Waals surface area contributed by atoms with E-state index in [2.05, 4.69) is 10.3 Å². The highest BCUT2D eigenvalue weighted by atomic mass is 35.5. The number of sulfonamides is 1. The fourth-order valence-electron chi connectivity index (χ4n) is 2.54. The van der Waals surface area contributed by atoms with Crippen molar-refractivity contribution in [2.45, 2.75) is 17.7 Å². The van der Waals surface area contributed by atoms with Gasteiger partial charge >= 0.3 is 5.97 Å². The molecule has 1 amide bonds. The lowest BCUT2D eigenvalue weighted by Gasteiger charge is -2.15. The first kappa shape index (κ1) is 19.7. The fourth-order valence-corrected chi connectivity index (χ4v) is 5.45. The van der Waals surface area contributed by atoms with Crippen molar-refractivity contribution in [1.29, 1.82) is 0 Å². The number of pyridine rings is 1. The molecule has 2 aromatic heterocycles. The second kappa shape index (κ2) is 8.34. The Balaban J connectivity index is 1.63. The average molecular weight is 430 g/mol. The molecule has 8 nitrogen and oxygen atoms in total. The second-order valence-corrected chi connectivity index (χ2v) is 8.97. The highest BCUT2D eigenvalue weighted by Crippen LogP contribution is 2.28. The molecule has 3 rings (SSSR count). The lowest BCUT2D eigenvalue weighted by molar-refractivity contribution is -0.119. The number of nitrogens with zero attached hydrogens (tertiary/aromatic N) is 2. The standard InChI is InChI=1S/C16H16ClN3O5S2/c17-11-3-4-13(18-9-11)19-14(21)10-25-16(22)15-12(5-8-26-15)27(23,24)20-6-1-2-7-20/h3-5,8-9H,1-2,6-7,10H2,(H,18,19,21). The van der Waals surface area contributed by atoms with Gasteiger partial charge in [-0.2, -0.15) is 4.31 Å². The summed E-state index contributed by atoms with van der Waals surface area (Å²) in [6.07, 6.45) is 2.95. The number of carbonyl (C=O) groups excluding carboxylic acids is 2. The van der Waals surface area contributed by atoms with Crippen LogP contribution in [0, 0.1) is 0 Å². The third-order valence-electron chi connectivity index (χ3n) is 3.83. The number of ether oxygens (including phenoxy) is 1. The van der Waals surface area contributed by atoms with Gasteiger partial charge in [0, 0.05) is 19.3 Å². The minimum atomic E-state index is -3.74. The van der Waals surface area contributed by atoms with Crippen LogP contribution in [0.1, 0.15) is 22.5 Å². The van der Waals surface area contributed by atoms with Crippen LogP contribution in [0.15, 0.2) is 34.7 Å². The number of hydrogen-bond acceptors (Lipinski definition) is 7. The molecule has 27 heavy (non-hydrogen) atoms. The largest absolute Gasteiger partial charge is 0.451 e. The zero-order valence-corrected chi connectivity index (χ0v) is 16.4. The summed E-state index contributed by atoms with van der Waals surface area (Å²) < 4.78 is 31.6. The number of aromatic nitrogens is 1. The molecule has 0 aliphatic carbocycles. The summed E-state index contributed by atoms with van der Waals surface area (Å²) in [5.41, 5.74) is 0. The molecule has 144 valence electrons. The van der Waals surface area contributed by atoms with Gasteiger partial charge in [0.2, 0.25) is 10.0 Å². The zero-order chi connectivity index (χ0) is 19.4. The summed E-state index contributed by atoms with van der Waals surface area (Å²) in [7, 11) is -3.74. The van der Waals surface area contributed by atoms with Gasteiger partial charge in [-0.05, 0) is 36.4 Å². The van der Waals surface area contributed by atoms with Crippen molar-refractivity contribution in [1.82, 2.24) is 9.29 Å². The van der Waals surface area contributed by atoms with Crippen LogP contribution in [-0.2, 0) is 19.6 Å². The lowest BCUT2D eigenvalue weighted by Crippen LogP contribution is -2.29. The summed E-state index contributed by atoms with van der Waals surface area (Å²) in [5, 5.41) is 4.38. The van der Waals surface area contributed by atoms with E-state index in [9.17, 15) is 18.0 Å². The van der Waals surface area contributed by atoms with Gasteiger partial charge < -0.3 is 10.1 Å². The molecule has 1 saturated heterocycles. The molecule has 0 spiro atoms. The Morgan fingerprint density at radius 2 is 2.00 bits per heavy atom. The van der Waals surface area contributed by atoms with Crippen molar-refractivity contribution in [3.63, 3.8) is 0 Å². The van der Waals surface area contributed by atoms with Gasteiger partial charge in [0.05, 0.1) is 5.02 Å². The molecule has 1 aliphatic rings. The molecular formula is C16H16ClN3O5S2. The zero-order valence-electron chi connectivity index (χ0n) is 14.1. The van der Waals surface area contributed by atoms with E-state index in [4.69, 9.17) is 16.3 Å². The molecule has 1 fully saturated rings. The van der Waals surface area contributed by atoms with Gasteiger partial charge in [0.1, 0.15) is 15.6 Å². The maximum Gasteiger partial charge on any atom is 0.350 e. The smallest absolute Gasteiger partial charge is 0.350 e. The first-order valence-corrected chi connectivity index (χ1v) is 10.7. The minimum absolute atomic E-state index is 0.0423. The van der Waals surface area contributed by atoms with E-state index in [-0.39, 0.29) is 15.6 Å². The van der Waals surface area contributed by atoms with Gasteiger partial charge in [-0.3, -0.25) is 4.79 Å². The van der Waals surface area contributed by atoms with Crippen LogP contribution in [-0.4, -0.2) is 49.3 Å². The molecule has 11 heteroatoms. The Kier molecular flexibility index (Phi) is 6.10. The van der Waals surface area contributed by atoms with Gasteiger partial charge in [-0.1, -0.05) is 11.6 Å². The van der Waals surface area contributed by atoms with E-state index in [1.165, 1.54) is 28.0 Å². The highest BCUT2D eigenvalue weighted by molar-refractivity contribution is 7.89. The fraction of sp³-hybridized carbons (Fsp3) is 0.312. The Labute approximate surface area is 165 Å². The monoisotopic (exact) mass is 429 g/mol. The quantitative estimate of drug-likeness (QED) is 0.706. The average Bonchev–Trinajstić information content (AvgIpc) is 3.33. The topological polar surface area (TPSA) is 106 Å². The van der Waals surface area contributed by atoms with Gasteiger partial charge in [0.25, 0.3) is 5.91 Å². The number of rotatable bonds is 6. The number of thiophene rings is 1. The predicted octanol–water partition coefficient (Wildman–Crippen LogP) is 2.38. The number of hydrogen-bond donors (Lipinski definition) is 1. The number of halogens is 1. The van der Waals surface area contributed by atoms with Crippen molar-refractivity contribution in [2.75, 3.05) is 25.0 Å². The molecule has 0 atom stereocenters. The van der Waals surface area contributed by atoms with Gasteiger partial charge in [-0.15, -0.1) is 11.3 Å². The molecule has 0 aromatic carbocycles. The maximum atomic E-state index is 12.7. The SMILES string of the molecule is O=C(COC(=O)c1sccc1S(=O)(=O)N1CCCC1)Nc1ccc(Cl)cn1. The van der Waals surface area contributed by atoms with Gasteiger partial charge in [-0.25, -0.2) is 18.2 Å². The number of carbonyl (C=O) groups is 2. The van der Waals surface area contributed by atoms with Crippen molar-refractivity contribution >= 4 is 50.7 Å². The van der Waals surface area contributed by atoms with E-state index in [0.717, 1.165) is 24.2 Å². The summed E-state index contributed by atoms with van der Waals surface area (Å²) in [6, 6.07) is 4.44. The van der Waals surface area contributed by atoms with E-state index >= 15 is 0 Å². The van der Waals surface area contributed by atoms with Crippen LogP contribution in [0.25, 0.3) is 0 Å². The number of anilines is 1. The summed E-state index contributed by atoms with van der Waals surface area (Å²) in [6.45, 7) is 0.302. The Hall–Kier alpha value is -2.01. The Morgan fingerprint density at radius 3 is 2.67 bits per heavy atom. The van der Waals surface area contributed by atoms with Crippen LogP contribution in [0.4, 0.5) is 5.82 Å². The van der Waals surface area contributed by atoms with Crippen molar-refractivity contribution in [2.24, 2.45) is 0 Å². The molecule has 2 aromatic rings. The van der Waals surface area contributed by atoms with Crippen molar-refractivity contribution < 1.29 is 22.7 Å². The van der Waals surface area contributed by atoms with Crippen molar-refractivity contribution in [3.05, 3.63) is 39.7 Å². The predicted molar refractivity (Wildman–Crippen MR) is 100 cm³/mol. The van der Waals surface area contributed by atoms with Crippen LogP contribution < -0.4 is 5.32 Å². The normalized spacial score (nSPS) is 14.9. The molecule has 0 bridgehead atoms. The highest BCUT2D eigenvalue weighted by Gasteiger charge is 2.32. The molecule has 0 saturated carbocycles. The molecule has 1 aliphatic heterocycles. The minimum Gasteiger partial charge on any atom is -0.451 e. The Bertz CT molecular complexity index is 937. The van der Waals surface area contributed by atoms with E-state index in [1.807, 2.05) is 0 Å². The van der Waals surface area contributed by atoms with Crippen LogP contribution in [0.5, 0.6) is 0 Å². The number of esters is 1. The molecule has 0 unspecified atom stereocenters. The summed E-state index contributed by atoms with van der Waals surface area (Å²) >= 11 is 6.67. The van der Waals surface area contributed by atoms with E-state index < -0.39 is 28.5 Å². The lowest BCUT2D eigenvalue weighted by atomic mass is 10.4. The third kappa shape index (κ3) is 4.64. The number of amides is 1. The second-order valence-electron chi connectivity index (χ2n) is 5.71. The van der Waals surface area contributed by atoms with Crippen LogP contribution >= 0.6 is 22.9 Å². The van der Waals surface area contributed by atoms with Crippen molar-refractivity contribution in [3.8, 4) is 0 Å². The van der Waals surface area contributed by atoms with Crippen LogP contribution in [0.3, 0.4) is 0 Å². The summed E-state index contributed by atoms with van der Waals surface area (Å²) in [5.74, 6) is -1.20. The van der Waals surface area contributed by atoms with Crippen LogP contribution in [0.2, 0.25) is 5.02 Å². The molecule has 0 radical (unpaired) electrons. The number of nitrogens with one attached hydrogen (secondary N) is 1.